The molecule has 2 aromatic heterocycles. The lowest BCUT2D eigenvalue weighted by Gasteiger charge is -2.08. The van der Waals surface area contributed by atoms with Crippen molar-refractivity contribution in [1.82, 2.24) is 19.7 Å². The number of hydrogen-bond acceptors (Lipinski definition) is 5. The molecular weight excluding hydrogens is 266 g/mol. The zero-order valence-corrected chi connectivity index (χ0v) is 12.1. The van der Waals surface area contributed by atoms with Gasteiger partial charge >= 0.3 is 6.01 Å². The Morgan fingerprint density at radius 3 is 2.74 bits per heavy atom. The van der Waals surface area contributed by atoms with E-state index in [0.29, 0.717) is 17.4 Å². The Bertz CT molecular complexity index is 596. The van der Waals surface area contributed by atoms with Crippen molar-refractivity contribution >= 4 is 17.4 Å². The highest BCUT2D eigenvalue weighted by atomic mass is 35.5. The van der Waals surface area contributed by atoms with E-state index >= 15 is 0 Å². The Morgan fingerprint density at radius 2 is 2.16 bits per heavy atom. The molecule has 0 fully saturated rings. The summed E-state index contributed by atoms with van der Waals surface area (Å²) in [6.45, 7) is 4.61. The van der Waals surface area contributed by atoms with Crippen LogP contribution in [0.25, 0.3) is 0 Å². The van der Waals surface area contributed by atoms with Crippen molar-refractivity contribution in [3.8, 4) is 6.01 Å². The van der Waals surface area contributed by atoms with Gasteiger partial charge in [0.05, 0.1) is 19.0 Å². The highest BCUT2D eigenvalue weighted by Crippen LogP contribution is 2.22. The summed E-state index contributed by atoms with van der Waals surface area (Å²) in [6, 6.07) is 0.284. The van der Waals surface area contributed by atoms with E-state index in [2.05, 4.69) is 20.4 Å². The van der Waals surface area contributed by atoms with Crippen molar-refractivity contribution in [2.24, 2.45) is 7.05 Å². The highest BCUT2D eigenvalue weighted by Gasteiger charge is 2.11. The Kier molecular flexibility index (Phi) is 3.90. The molecule has 1 N–H and O–H groups in total. The predicted octanol–water partition coefficient (Wildman–Crippen LogP) is 2.10. The molecular formula is C12H16ClN5O. The quantitative estimate of drug-likeness (QED) is 0.930. The van der Waals surface area contributed by atoms with E-state index in [9.17, 15) is 0 Å². The second kappa shape index (κ2) is 5.44. The molecule has 0 spiro atoms. The Morgan fingerprint density at radius 1 is 1.42 bits per heavy atom. The van der Waals surface area contributed by atoms with Crippen molar-refractivity contribution in [2.45, 2.75) is 20.4 Å². The number of aryl methyl sites for hydroxylation is 2. The summed E-state index contributed by atoms with van der Waals surface area (Å²) in [5.41, 5.74) is 3.24. The number of nitrogens with zero attached hydrogens (tertiary/aromatic N) is 4. The molecule has 0 saturated carbocycles. The van der Waals surface area contributed by atoms with Gasteiger partial charge < -0.3 is 10.1 Å². The highest BCUT2D eigenvalue weighted by molar-refractivity contribution is 6.32. The van der Waals surface area contributed by atoms with Crippen LogP contribution in [-0.4, -0.2) is 26.9 Å². The van der Waals surface area contributed by atoms with Crippen molar-refractivity contribution < 1.29 is 4.74 Å². The normalized spacial score (nSPS) is 10.6. The van der Waals surface area contributed by atoms with Crippen molar-refractivity contribution in [3.05, 3.63) is 28.2 Å². The maximum atomic E-state index is 6.04. The molecule has 7 heteroatoms. The number of ether oxygens (including phenoxy) is 1. The van der Waals surface area contributed by atoms with Gasteiger partial charge in [0, 0.05) is 24.8 Å². The summed E-state index contributed by atoms with van der Waals surface area (Å²) in [5.74, 6) is 0.552. The van der Waals surface area contributed by atoms with Crippen LogP contribution >= 0.6 is 11.6 Å². The molecule has 2 heterocycles. The third-order valence-electron chi connectivity index (χ3n) is 3.00. The van der Waals surface area contributed by atoms with Gasteiger partial charge in [-0.3, -0.25) is 4.68 Å². The minimum absolute atomic E-state index is 0.284. The maximum absolute atomic E-state index is 6.04. The van der Waals surface area contributed by atoms with E-state index in [-0.39, 0.29) is 6.01 Å². The average Bonchev–Trinajstić information content (AvgIpc) is 2.63. The minimum atomic E-state index is 0.284. The van der Waals surface area contributed by atoms with Gasteiger partial charge in [-0.1, -0.05) is 11.6 Å². The number of halogens is 1. The topological polar surface area (TPSA) is 64.9 Å². The van der Waals surface area contributed by atoms with Crippen LogP contribution in [0, 0.1) is 13.8 Å². The number of hydrogen-bond donors (Lipinski definition) is 1. The van der Waals surface area contributed by atoms with Crippen LogP contribution in [0.4, 0.5) is 5.82 Å². The molecule has 0 radical (unpaired) electrons. The lowest BCUT2D eigenvalue weighted by molar-refractivity contribution is 0.380. The lowest BCUT2D eigenvalue weighted by atomic mass is 10.2. The van der Waals surface area contributed by atoms with Crippen LogP contribution < -0.4 is 10.1 Å². The summed E-state index contributed by atoms with van der Waals surface area (Å²) in [7, 11) is 3.44. The van der Waals surface area contributed by atoms with Gasteiger partial charge in [0.2, 0.25) is 0 Å². The molecule has 0 saturated heterocycles. The van der Waals surface area contributed by atoms with Crippen LogP contribution in [0.3, 0.4) is 0 Å². The summed E-state index contributed by atoms with van der Waals surface area (Å²) < 4.78 is 6.83. The monoisotopic (exact) mass is 281 g/mol. The third-order valence-corrected chi connectivity index (χ3v) is 3.27. The van der Waals surface area contributed by atoms with E-state index in [0.717, 1.165) is 17.0 Å². The molecule has 102 valence electrons. The first-order valence-electron chi connectivity index (χ1n) is 5.82. The van der Waals surface area contributed by atoms with E-state index < -0.39 is 0 Å². The van der Waals surface area contributed by atoms with Crippen molar-refractivity contribution in [1.29, 1.82) is 0 Å². The van der Waals surface area contributed by atoms with Crippen LogP contribution in [0.1, 0.15) is 17.0 Å². The maximum Gasteiger partial charge on any atom is 0.318 e. The smallest absolute Gasteiger partial charge is 0.318 e. The molecule has 0 amide bonds. The SMILES string of the molecule is COc1ncc(Cl)c(NCc2c(C)nn(C)c2C)n1. The molecule has 6 nitrogen and oxygen atoms in total. The second-order valence-corrected chi connectivity index (χ2v) is 4.59. The summed E-state index contributed by atoms with van der Waals surface area (Å²) in [4.78, 5) is 8.10. The number of aromatic nitrogens is 4. The zero-order valence-electron chi connectivity index (χ0n) is 11.4. The van der Waals surface area contributed by atoms with Gasteiger partial charge in [0.1, 0.15) is 5.02 Å². The van der Waals surface area contributed by atoms with Crippen LogP contribution in [0.2, 0.25) is 5.02 Å². The van der Waals surface area contributed by atoms with E-state index in [1.165, 1.54) is 13.3 Å². The summed E-state index contributed by atoms with van der Waals surface area (Å²) in [5, 5.41) is 8.01. The first-order chi connectivity index (χ1) is 9.02. The molecule has 2 aromatic rings. The molecule has 0 aliphatic carbocycles. The van der Waals surface area contributed by atoms with Crippen LogP contribution in [-0.2, 0) is 13.6 Å². The third kappa shape index (κ3) is 2.78. The van der Waals surface area contributed by atoms with Gasteiger partial charge in [-0.25, -0.2) is 4.98 Å². The first-order valence-corrected chi connectivity index (χ1v) is 6.20. The molecule has 0 aliphatic heterocycles. The Hall–Kier alpha value is -1.82. The molecule has 2 rings (SSSR count). The van der Waals surface area contributed by atoms with Crippen LogP contribution in [0.15, 0.2) is 6.20 Å². The van der Waals surface area contributed by atoms with Gasteiger partial charge in [0.15, 0.2) is 5.82 Å². The fourth-order valence-corrected chi connectivity index (χ4v) is 1.98. The molecule has 0 unspecified atom stereocenters. The molecule has 0 bridgehead atoms. The van der Waals surface area contributed by atoms with Crippen molar-refractivity contribution in [2.75, 3.05) is 12.4 Å². The van der Waals surface area contributed by atoms with Crippen LogP contribution in [0.5, 0.6) is 6.01 Å². The van der Waals surface area contributed by atoms with Gasteiger partial charge in [-0.2, -0.15) is 10.1 Å². The molecule has 0 aromatic carbocycles. The molecule has 19 heavy (non-hydrogen) atoms. The second-order valence-electron chi connectivity index (χ2n) is 4.18. The van der Waals surface area contributed by atoms with E-state index in [4.69, 9.17) is 16.3 Å². The Labute approximate surface area is 116 Å². The fraction of sp³-hybridized carbons (Fsp3) is 0.417. The lowest BCUT2D eigenvalue weighted by Crippen LogP contribution is -2.05. The van der Waals surface area contributed by atoms with Gasteiger partial charge in [-0.05, 0) is 13.8 Å². The van der Waals surface area contributed by atoms with Gasteiger partial charge in [-0.15, -0.1) is 0 Å². The number of rotatable bonds is 4. The molecule has 0 atom stereocenters. The van der Waals surface area contributed by atoms with Gasteiger partial charge in [0.25, 0.3) is 0 Å². The number of anilines is 1. The zero-order chi connectivity index (χ0) is 14.0. The standard InChI is InChI=1S/C12H16ClN5O/c1-7-9(8(2)18(3)17-7)5-14-11-10(13)6-15-12(16-11)19-4/h6H,5H2,1-4H3,(H,14,15,16). The average molecular weight is 282 g/mol. The minimum Gasteiger partial charge on any atom is -0.467 e. The summed E-state index contributed by atoms with van der Waals surface area (Å²) >= 11 is 6.04. The first kappa shape index (κ1) is 13.6. The number of methoxy groups -OCH3 is 1. The largest absolute Gasteiger partial charge is 0.467 e. The van der Waals surface area contributed by atoms with E-state index in [1.807, 2.05) is 25.6 Å². The van der Waals surface area contributed by atoms with E-state index in [1.54, 1.807) is 0 Å². The predicted molar refractivity (Wildman–Crippen MR) is 73.6 cm³/mol. The Balaban J connectivity index is 2.18. The number of nitrogens with one attached hydrogen (secondary N) is 1. The van der Waals surface area contributed by atoms with Crippen molar-refractivity contribution in [3.63, 3.8) is 0 Å². The molecule has 0 aliphatic rings. The summed E-state index contributed by atoms with van der Waals surface area (Å²) in [6.07, 6.45) is 1.51. The fourth-order valence-electron chi connectivity index (χ4n) is 1.82.